The number of carbonyl (C=O) groups is 3. The smallest absolute Gasteiger partial charge is 0.312 e. The average Bonchev–Trinajstić information content (AvgIpc) is 3.38. The van der Waals surface area contributed by atoms with E-state index in [2.05, 4.69) is 10.2 Å². The van der Waals surface area contributed by atoms with Crippen molar-refractivity contribution in [3.05, 3.63) is 29.8 Å². The summed E-state index contributed by atoms with van der Waals surface area (Å²) in [4.78, 5) is 41.5. The van der Waals surface area contributed by atoms with Gasteiger partial charge < -0.3 is 15.0 Å². The lowest BCUT2D eigenvalue weighted by Gasteiger charge is -2.36. The monoisotopic (exact) mass is 441 g/mol. The van der Waals surface area contributed by atoms with Gasteiger partial charge in [0, 0.05) is 38.2 Å². The van der Waals surface area contributed by atoms with E-state index in [-0.39, 0.29) is 23.9 Å². The van der Waals surface area contributed by atoms with Crippen LogP contribution in [-0.2, 0) is 25.5 Å². The molecule has 0 radical (unpaired) electrons. The van der Waals surface area contributed by atoms with E-state index < -0.39 is 5.41 Å². The summed E-state index contributed by atoms with van der Waals surface area (Å²) in [6.45, 7) is 6.25. The van der Waals surface area contributed by atoms with Gasteiger partial charge in [0.1, 0.15) is 6.10 Å². The van der Waals surface area contributed by atoms with Gasteiger partial charge in [-0.2, -0.15) is 0 Å². The van der Waals surface area contributed by atoms with Crippen molar-refractivity contribution >= 4 is 23.5 Å². The van der Waals surface area contributed by atoms with Gasteiger partial charge in [-0.05, 0) is 62.9 Å². The van der Waals surface area contributed by atoms with Crippen LogP contribution in [0.15, 0.2) is 24.3 Å². The number of hydrogen-bond acceptors (Lipinski definition) is 5. The van der Waals surface area contributed by atoms with Crippen molar-refractivity contribution in [3.8, 4) is 0 Å². The van der Waals surface area contributed by atoms with Gasteiger partial charge in [-0.25, -0.2) is 0 Å². The van der Waals surface area contributed by atoms with Crippen molar-refractivity contribution in [1.82, 2.24) is 9.80 Å². The summed E-state index contributed by atoms with van der Waals surface area (Å²) in [5, 5.41) is 2.86. The Morgan fingerprint density at radius 3 is 2.44 bits per heavy atom. The second-order valence-electron chi connectivity index (χ2n) is 9.57. The fourth-order valence-electron chi connectivity index (χ4n) is 5.23. The van der Waals surface area contributed by atoms with Gasteiger partial charge in [-0.15, -0.1) is 0 Å². The first-order valence-electron chi connectivity index (χ1n) is 12.1. The maximum absolute atomic E-state index is 12.8. The molecular weight excluding hydrogens is 406 g/mol. The lowest BCUT2D eigenvalue weighted by Crippen LogP contribution is -2.45. The molecule has 3 aliphatic heterocycles. The minimum absolute atomic E-state index is 0.000756. The van der Waals surface area contributed by atoms with Crippen LogP contribution in [-0.4, -0.2) is 66.4 Å². The molecule has 3 aliphatic rings. The van der Waals surface area contributed by atoms with Crippen molar-refractivity contribution in [3.63, 3.8) is 0 Å². The number of rotatable bonds is 7. The van der Waals surface area contributed by atoms with Crippen molar-refractivity contribution in [2.24, 2.45) is 5.41 Å². The summed E-state index contributed by atoms with van der Waals surface area (Å²) in [5.41, 5.74) is 1.28. The molecule has 4 rings (SSSR count). The van der Waals surface area contributed by atoms with E-state index in [4.69, 9.17) is 4.74 Å². The normalized spacial score (nSPS) is 22.8. The molecule has 0 bridgehead atoms. The van der Waals surface area contributed by atoms with E-state index in [9.17, 15) is 14.4 Å². The van der Waals surface area contributed by atoms with Gasteiger partial charge in [0.05, 0.1) is 11.8 Å². The molecule has 7 nitrogen and oxygen atoms in total. The Morgan fingerprint density at radius 2 is 1.78 bits per heavy atom. The largest absolute Gasteiger partial charge is 0.461 e. The Labute approximate surface area is 190 Å². The molecular formula is C25H35N3O4. The van der Waals surface area contributed by atoms with Crippen LogP contribution in [0.3, 0.4) is 0 Å². The maximum Gasteiger partial charge on any atom is 0.312 e. The number of likely N-dealkylation sites (tertiary alicyclic amines) is 2. The van der Waals surface area contributed by atoms with Crippen LogP contribution in [0.1, 0.15) is 57.4 Å². The number of amides is 2. The van der Waals surface area contributed by atoms with E-state index in [1.54, 1.807) is 0 Å². The number of hydrogen-bond donors (Lipinski definition) is 1. The molecule has 0 aliphatic carbocycles. The first-order valence-corrected chi connectivity index (χ1v) is 12.1. The first kappa shape index (κ1) is 22.8. The van der Waals surface area contributed by atoms with E-state index in [1.807, 2.05) is 36.1 Å². The zero-order valence-electron chi connectivity index (χ0n) is 19.1. The van der Waals surface area contributed by atoms with Crippen LogP contribution in [0.25, 0.3) is 0 Å². The zero-order valence-corrected chi connectivity index (χ0v) is 19.1. The molecule has 0 saturated carbocycles. The summed E-state index contributed by atoms with van der Waals surface area (Å²) in [6, 6.07) is 7.47. The number of esters is 1. The first-order chi connectivity index (χ1) is 15.5. The summed E-state index contributed by atoms with van der Waals surface area (Å²) >= 11 is 0. The summed E-state index contributed by atoms with van der Waals surface area (Å²) in [7, 11) is 0. The number of carbonyl (C=O) groups excluding carboxylic acids is 3. The number of nitrogens with one attached hydrogen (secondary N) is 1. The Balaban J connectivity index is 1.25. The minimum Gasteiger partial charge on any atom is -0.461 e. The molecule has 3 heterocycles. The van der Waals surface area contributed by atoms with Gasteiger partial charge in [0.2, 0.25) is 11.8 Å². The third-order valence-corrected chi connectivity index (χ3v) is 7.13. The Kier molecular flexibility index (Phi) is 7.13. The molecule has 7 heteroatoms. The Morgan fingerprint density at radius 1 is 1.09 bits per heavy atom. The average molecular weight is 442 g/mol. The topological polar surface area (TPSA) is 79.0 Å². The molecule has 1 aromatic rings. The van der Waals surface area contributed by atoms with Crippen LogP contribution < -0.4 is 5.32 Å². The van der Waals surface area contributed by atoms with Gasteiger partial charge in [-0.3, -0.25) is 19.3 Å². The molecule has 3 fully saturated rings. The molecule has 174 valence electrons. The van der Waals surface area contributed by atoms with Gasteiger partial charge in [-0.1, -0.05) is 19.1 Å². The van der Waals surface area contributed by atoms with E-state index in [0.717, 1.165) is 43.7 Å². The standard InChI is InChI=1S/C25H35N3O4/c1-2-5-22(29)26-20-8-6-19(7-9-20)16-23(30)28-14-10-25(11-15-28)17-21(32-24(25)31)18-27-12-3-4-13-27/h6-9,21H,2-5,10-18H2,1H3,(H,26,29). The van der Waals surface area contributed by atoms with E-state index in [1.165, 1.54) is 12.8 Å². The number of nitrogens with zero attached hydrogens (tertiary/aromatic N) is 2. The van der Waals surface area contributed by atoms with Crippen LogP contribution in [0.2, 0.25) is 0 Å². The highest BCUT2D eigenvalue weighted by molar-refractivity contribution is 5.90. The SMILES string of the molecule is CCCC(=O)Nc1ccc(CC(=O)N2CCC3(CC2)CC(CN2CCCC2)OC3=O)cc1. The lowest BCUT2D eigenvalue weighted by atomic mass is 9.76. The molecule has 1 spiro atoms. The highest BCUT2D eigenvalue weighted by Crippen LogP contribution is 2.43. The number of piperidine rings is 1. The predicted molar refractivity (Wildman–Crippen MR) is 122 cm³/mol. The Hall–Kier alpha value is -2.41. The molecule has 1 atom stereocenters. The van der Waals surface area contributed by atoms with Gasteiger partial charge in [0.15, 0.2) is 0 Å². The maximum atomic E-state index is 12.8. The van der Waals surface area contributed by atoms with Crippen LogP contribution in [0.4, 0.5) is 5.69 Å². The van der Waals surface area contributed by atoms with Crippen LogP contribution >= 0.6 is 0 Å². The second-order valence-corrected chi connectivity index (χ2v) is 9.57. The van der Waals surface area contributed by atoms with Crippen molar-refractivity contribution < 1.29 is 19.1 Å². The van der Waals surface area contributed by atoms with Crippen LogP contribution in [0.5, 0.6) is 0 Å². The highest BCUT2D eigenvalue weighted by atomic mass is 16.6. The number of benzene rings is 1. The summed E-state index contributed by atoms with van der Waals surface area (Å²) < 4.78 is 5.75. The summed E-state index contributed by atoms with van der Waals surface area (Å²) in [6.07, 6.45) is 6.29. The fraction of sp³-hybridized carbons (Fsp3) is 0.640. The lowest BCUT2D eigenvalue weighted by molar-refractivity contribution is -0.152. The fourth-order valence-corrected chi connectivity index (χ4v) is 5.23. The second kappa shape index (κ2) is 10.0. The molecule has 3 saturated heterocycles. The van der Waals surface area contributed by atoms with Crippen molar-refractivity contribution in [2.45, 2.75) is 64.4 Å². The quantitative estimate of drug-likeness (QED) is 0.658. The number of cyclic esters (lactones) is 1. The molecule has 2 amide bonds. The van der Waals surface area contributed by atoms with Gasteiger partial charge >= 0.3 is 5.97 Å². The summed E-state index contributed by atoms with van der Waals surface area (Å²) in [5.74, 6) is 0.0313. The minimum atomic E-state index is -0.403. The number of anilines is 1. The molecule has 32 heavy (non-hydrogen) atoms. The Bertz CT molecular complexity index is 824. The van der Waals surface area contributed by atoms with Crippen molar-refractivity contribution in [2.75, 3.05) is 38.0 Å². The zero-order chi connectivity index (χ0) is 22.6. The van der Waals surface area contributed by atoms with Crippen molar-refractivity contribution in [1.29, 1.82) is 0 Å². The van der Waals surface area contributed by atoms with E-state index in [0.29, 0.717) is 38.8 Å². The molecule has 1 aromatic carbocycles. The highest BCUT2D eigenvalue weighted by Gasteiger charge is 2.51. The van der Waals surface area contributed by atoms with Crippen LogP contribution in [0, 0.1) is 5.41 Å². The third-order valence-electron chi connectivity index (χ3n) is 7.13. The third kappa shape index (κ3) is 5.31. The molecule has 0 aromatic heterocycles. The molecule has 1 N–H and O–H groups in total. The van der Waals surface area contributed by atoms with E-state index >= 15 is 0 Å². The molecule has 1 unspecified atom stereocenters. The number of ether oxygens (including phenoxy) is 1. The predicted octanol–water partition coefficient (Wildman–Crippen LogP) is 2.99. The van der Waals surface area contributed by atoms with Gasteiger partial charge in [0.25, 0.3) is 0 Å².